The molecule has 0 rings (SSSR count). The minimum absolute atomic E-state index is 0.0101. The van der Waals surface area contributed by atoms with Crippen LogP contribution in [0.2, 0.25) is 0 Å². The van der Waals surface area contributed by atoms with Crippen LogP contribution < -0.4 is 0 Å². The summed E-state index contributed by atoms with van der Waals surface area (Å²) in [5.41, 5.74) is 0. The predicted molar refractivity (Wildman–Crippen MR) is 51.2 cm³/mol. The number of carbonyl (C=O) groups is 1. The number of rotatable bonds is 5. The normalized spacial score (nSPS) is 14.5. The van der Waals surface area contributed by atoms with E-state index in [1.54, 1.807) is 7.11 Å². The molecule has 0 saturated heterocycles. The number of ketones is 1. The van der Waals surface area contributed by atoms with Crippen molar-refractivity contribution >= 4 is 32.0 Å². The molecule has 0 bridgehead atoms. The third kappa shape index (κ3) is 4.76. The number of hydrogen-bond donors (Lipinski definition) is 0. The molecule has 73 valence electrons. The molecule has 0 aliphatic rings. The van der Waals surface area contributed by atoms with Crippen LogP contribution in [0, 0.1) is 5.92 Å². The van der Waals surface area contributed by atoms with E-state index in [1.165, 1.54) is 6.08 Å². The Bertz CT molecular complexity index is 199. The average molecular weight is 378 g/mol. The predicted octanol–water partition coefficient (Wildman–Crippen LogP) is 1.23. The number of carbonyl (C=O) groups excluding carboxylic acids is 1. The summed E-state index contributed by atoms with van der Waals surface area (Å²) in [6, 6.07) is 0. The molecule has 0 fully saturated rings. The van der Waals surface area contributed by atoms with Gasteiger partial charge in [0.05, 0.1) is 0 Å². The fraction of sp³-hybridized carbons (Fsp3) is 0.667. The summed E-state index contributed by atoms with van der Waals surface area (Å²) in [4.78, 5) is 11.3. The van der Waals surface area contributed by atoms with Crippen LogP contribution in [0.4, 0.5) is 0 Å². The van der Waals surface area contributed by atoms with E-state index in [2.05, 4.69) is 0 Å². The van der Waals surface area contributed by atoms with Gasteiger partial charge in [0.1, 0.15) is 0 Å². The molecule has 3 nitrogen and oxygen atoms in total. The van der Waals surface area contributed by atoms with Crippen molar-refractivity contribution in [2.45, 2.75) is 26.9 Å². The Morgan fingerprint density at radius 1 is 1.38 bits per heavy atom. The molecule has 1 unspecified atom stereocenters. The second-order valence-electron chi connectivity index (χ2n) is 3.08. The van der Waals surface area contributed by atoms with Crippen LogP contribution in [0.3, 0.4) is 0 Å². The molecule has 3 radical (unpaired) electrons. The van der Waals surface area contributed by atoms with Crippen molar-refractivity contribution in [2.75, 3.05) is 7.11 Å². The van der Waals surface area contributed by atoms with Crippen LogP contribution in [-0.4, -0.2) is 45.2 Å². The van der Waals surface area contributed by atoms with Gasteiger partial charge in [-0.3, -0.25) is 0 Å². The molecule has 0 aromatic heterocycles. The zero-order chi connectivity index (χ0) is 10.4. The van der Waals surface area contributed by atoms with E-state index in [4.69, 9.17) is 7.42 Å². The number of hydrogen-bond acceptors (Lipinski definition) is 3. The fourth-order valence-corrected chi connectivity index (χ4v) is 1.53. The van der Waals surface area contributed by atoms with Crippen molar-refractivity contribution in [2.24, 2.45) is 5.92 Å². The quantitative estimate of drug-likeness (QED) is 0.410. The average Bonchev–Trinajstić information content (AvgIpc) is 2.12. The Morgan fingerprint density at radius 2 is 1.92 bits per heavy atom. The van der Waals surface area contributed by atoms with E-state index < -0.39 is 0 Å². The minimum atomic E-state index is -0.139. The molecule has 0 aliphatic carbocycles. The summed E-state index contributed by atoms with van der Waals surface area (Å²) in [5, 5.41) is 0. The summed E-state index contributed by atoms with van der Waals surface area (Å²) in [5.74, 6) is 0.721. The Hall–Kier alpha value is 0.0921. The number of ether oxygens (including phenoxy) is 1. The summed E-state index contributed by atoms with van der Waals surface area (Å²) in [6.45, 7) is 5.58. The van der Waals surface area contributed by atoms with E-state index in [0.717, 1.165) is 0 Å². The summed E-state index contributed by atoms with van der Waals surface area (Å²) in [6.07, 6.45) is 1.39. The van der Waals surface area contributed by atoms with Gasteiger partial charge in [-0.25, -0.2) is 0 Å². The molecule has 0 spiro atoms. The first kappa shape index (κ1) is 13.1. The zero-order valence-corrected chi connectivity index (χ0v) is 12.3. The SMILES string of the molecule is COC(C)/C(=C/C(=O)C(C)C)[O][Pb]. The first-order valence-corrected chi connectivity index (χ1v) is 5.73. The molecule has 0 amide bonds. The molecule has 4 heteroatoms. The first-order chi connectivity index (χ1) is 6.02. The van der Waals surface area contributed by atoms with Crippen molar-refractivity contribution in [1.29, 1.82) is 0 Å². The monoisotopic (exact) mass is 379 g/mol. The molecule has 0 aromatic carbocycles. The number of allylic oxidation sites excluding steroid dienone is 1. The first-order valence-electron chi connectivity index (χ1n) is 4.14. The molecular formula is C9H15O3Pb. The summed E-state index contributed by atoms with van der Waals surface area (Å²) >= 11 is 0.575. The van der Waals surface area contributed by atoms with Gasteiger partial charge in [-0.05, 0) is 0 Å². The Kier molecular flexibility index (Phi) is 6.58. The Labute approximate surface area is 95.8 Å². The maximum absolute atomic E-state index is 11.3. The molecule has 0 aliphatic heterocycles. The van der Waals surface area contributed by atoms with E-state index in [1.807, 2.05) is 20.8 Å². The fourth-order valence-electron chi connectivity index (χ4n) is 0.653. The van der Waals surface area contributed by atoms with Crippen LogP contribution in [0.15, 0.2) is 11.8 Å². The van der Waals surface area contributed by atoms with E-state index >= 15 is 0 Å². The van der Waals surface area contributed by atoms with Crippen molar-refractivity contribution in [1.82, 2.24) is 0 Å². The van der Waals surface area contributed by atoms with Crippen LogP contribution in [0.25, 0.3) is 0 Å². The van der Waals surface area contributed by atoms with Crippen LogP contribution in [0.1, 0.15) is 20.8 Å². The summed E-state index contributed by atoms with van der Waals surface area (Å²) < 4.78 is 10.2. The van der Waals surface area contributed by atoms with Crippen molar-refractivity contribution in [3.8, 4) is 0 Å². The molecule has 0 saturated carbocycles. The van der Waals surface area contributed by atoms with Crippen LogP contribution >= 0.6 is 0 Å². The van der Waals surface area contributed by atoms with Crippen molar-refractivity contribution in [3.63, 3.8) is 0 Å². The summed E-state index contributed by atoms with van der Waals surface area (Å²) in [7, 11) is 1.60. The van der Waals surface area contributed by atoms with Gasteiger partial charge in [-0.15, -0.1) is 0 Å². The van der Waals surface area contributed by atoms with Crippen molar-refractivity contribution < 1.29 is 12.2 Å². The number of methoxy groups -OCH3 is 1. The molecule has 0 aromatic rings. The third-order valence-electron chi connectivity index (χ3n) is 1.73. The molecule has 13 heavy (non-hydrogen) atoms. The van der Waals surface area contributed by atoms with Crippen LogP contribution in [-0.2, 0) is 12.2 Å². The second-order valence-corrected chi connectivity index (χ2v) is 3.88. The van der Waals surface area contributed by atoms with E-state index in [9.17, 15) is 4.79 Å². The standard InChI is InChI=1S/C9H16O3.Pb/c1-6(2)8(10)5-9(11)7(3)12-4;/h5-7,11H,1-4H3;/q;+1/p-1/b9-5-;. The second kappa shape index (κ2) is 6.53. The van der Waals surface area contributed by atoms with Gasteiger partial charge in [-0.2, -0.15) is 0 Å². The topological polar surface area (TPSA) is 35.5 Å². The van der Waals surface area contributed by atoms with Gasteiger partial charge >= 0.3 is 96.0 Å². The van der Waals surface area contributed by atoms with E-state index in [0.29, 0.717) is 32.0 Å². The van der Waals surface area contributed by atoms with Crippen molar-refractivity contribution in [3.05, 3.63) is 11.8 Å². The van der Waals surface area contributed by atoms with Gasteiger partial charge in [0.15, 0.2) is 0 Å². The molecular weight excluding hydrogens is 363 g/mol. The van der Waals surface area contributed by atoms with Gasteiger partial charge in [-0.1, -0.05) is 0 Å². The van der Waals surface area contributed by atoms with Crippen LogP contribution in [0.5, 0.6) is 0 Å². The molecule has 0 heterocycles. The Balaban J connectivity index is 4.47. The Morgan fingerprint density at radius 3 is 2.23 bits per heavy atom. The third-order valence-corrected chi connectivity index (χ3v) is 2.64. The molecule has 0 N–H and O–H groups in total. The van der Waals surface area contributed by atoms with E-state index in [-0.39, 0.29) is 17.8 Å². The zero-order valence-electron chi connectivity index (χ0n) is 8.46. The van der Waals surface area contributed by atoms with Gasteiger partial charge < -0.3 is 0 Å². The van der Waals surface area contributed by atoms with Gasteiger partial charge in [0.25, 0.3) is 0 Å². The van der Waals surface area contributed by atoms with Gasteiger partial charge in [0.2, 0.25) is 0 Å². The van der Waals surface area contributed by atoms with Gasteiger partial charge in [0, 0.05) is 0 Å². The molecule has 1 atom stereocenters. The maximum atomic E-state index is 11.3.